The Morgan fingerprint density at radius 2 is 1.96 bits per heavy atom. The number of anilines is 1. The van der Waals surface area contributed by atoms with E-state index in [9.17, 15) is 9.59 Å². The molecule has 0 aliphatic heterocycles. The van der Waals surface area contributed by atoms with Crippen LogP contribution < -0.4 is 10.6 Å². The van der Waals surface area contributed by atoms with Crippen LogP contribution in [0.5, 0.6) is 0 Å². The molecule has 1 unspecified atom stereocenters. The molecule has 2 N–H and O–H groups in total. The van der Waals surface area contributed by atoms with E-state index in [0.717, 1.165) is 12.0 Å². The van der Waals surface area contributed by atoms with Crippen molar-refractivity contribution in [3.63, 3.8) is 0 Å². The third-order valence-electron chi connectivity index (χ3n) is 3.97. The van der Waals surface area contributed by atoms with Crippen LogP contribution in [0.4, 0.5) is 5.69 Å². The molecule has 1 atom stereocenters. The number of hydrogen-bond acceptors (Lipinski definition) is 4. The lowest BCUT2D eigenvalue weighted by molar-refractivity contribution is -0.136. The van der Waals surface area contributed by atoms with Crippen LogP contribution in [0, 0.1) is 5.92 Å². The number of benzene rings is 1. The summed E-state index contributed by atoms with van der Waals surface area (Å²) < 4.78 is 1.80. The minimum absolute atomic E-state index is 0.0654. The molecule has 2 amide bonds. The first-order valence-corrected chi connectivity index (χ1v) is 9.16. The highest BCUT2D eigenvalue weighted by Crippen LogP contribution is 2.12. The fourth-order valence-corrected chi connectivity index (χ4v) is 2.96. The topological polar surface area (TPSA) is 79.3 Å². The molecule has 1 heterocycles. The summed E-state index contributed by atoms with van der Waals surface area (Å²) in [5.74, 6) is -0.837. The molecule has 1 aromatic heterocycles. The van der Waals surface area contributed by atoms with Gasteiger partial charge in [0.1, 0.15) is 0 Å². The quantitative estimate of drug-likeness (QED) is 0.696. The van der Waals surface area contributed by atoms with E-state index < -0.39 is 11.8 Å². The zero-order valence-corrected chi connectivity index (χ0v) is 16.5. The lowest BCUT2D eigenvalue weighted by atomic mass is 10.0. The maximum atomic E-state index is 12.3. The van der Waals surface area contributed by atoms with Crippen LogP contribution in [0.25, 0.3) is 0 Å². The zero-order chi connectivity index (χ0) is 19.8. The van der Waals surface area contributed by atoms with Gasteiger partial charge >= 0.3 is 11.8 Å². The van der Waals surface area contributed by atoms with Crippen molar-refractivity contribution in [2.75, 3.05) is 26.0 Å². The van der Waals surface area contributed by atoms with Crippen LogP contribution in [0.2, 0.25) is 0 Å². The number of aromatic nitrogens is 2. The molecule has 7 heteroatoms. The lowest BCUT2D eigenvalue weighted by Gasteiger charge is -2.23. The minimum atomic E-state index is -0.654. The van der Waals surface area contributed by atoms with E-state index in [0.29, 0.717) is 24.7 Å². The van der Waals surface area contributed by atoms with E-state index in [2.05, 4.69) is 29.6 Å². The molecule has 0 saturated carbocycles. The van der Waals surface area contributed by atoms with Gasteiger partial charge in [0.25, 0.3) is 0 Å². The van der Waals surface area contributed by atoms with E-state index in [-0.39, 0.29) is 6.04 Å². The second-order valence-electron chi connectivity index (χ2n) is 7.42. The van der Waals surface area contributed by atoms with Gasteiger partial charge in [0, 0.05) is 30.7 Å². The molecule has 7 nitrogen and oxygen atoms in total. The van der Waals surface area contributed by atoms with Gasteiger partial charge in [0.2, 0.25) is 0 Å². The average molecular weight is 371 g/mol. The Morgan fingerprint density at radius 1 is 1.19 bits per heavy atom. The van der Waals surface area contributed by atoms with Gasteiger partial charge < -0.3 is 15.5 Å². The normalized spacial score (nSPS) is 12.2. The summed E-state index contributed by atoms with van der Waals surface area (Å²) in [5, 5.41) is 9.69. The highest BCUT2D eigenvalue weighted by Gasteiger charge is 2.20. The van der Waals surface area contributed by atoms with E-state index >= 15 is 0 Å². The van der Waals surface area contributed by atoms with Gasteiger partial charge in [-0.1, -0.05) is 26.0 Å². The molecule has 0 bridgehead atoms. The molecule has 2 rings (SSSR count). The molecule has 0 spiro atoms. The van der Waals surface area contributed by atoms with Crippen LogP contribution in [-0.2, 0) is 16.1 Å². The molecule has 0 saturated heterocycles. The van der Waals surface area contributed by atoms with Crippen LogP contribution in [0.1, 0.15) is 25.8 Å². The number of nitrogens with zero attached hydrogens (tertiary/aromatic N) is 3. The fourth-order valence-electron chi connectivity index (χ4n) is 2.96. The van der Waals surface area contributed by atoms with Gasteiger partial charge in [0.05, 0.1) is 6.54 Å². The molecule has 0 aliphatic carbocycles. The number of nitrogens with one attached hydrogen (secondary N) is 2. The smallest absolute Gasteiger partial charge is 0.313 e. The summed E-state index contributed by atoms with van der Waals surface area (Å²) in [6, 6.07) is 9.20. The molecule has 0 radical (unpaired) electrons. The highest BCUT2D eigenvalue weighted by atomic mass is 16.2. The van der Waals surface area contributed by atoms with E-state index in [1.54, 1.807) is 16.9 Å². The third-order valence-corrected chi connectivity index (χ3v) is 3.97. The molecular weight excluding hydrogens is 342 g/mol. The molecular formula is C20H29N5O2. The fraction of sp³-hybridized carbons (Fsp3) is 0.450. The van der Waals surface area contributed by atoms with Crippen molar-refractivity contribution >= 4 is 17.5 Å². The Kier molecular flexibility index (Phi) is 7.55. The summed E-state index contributed by atoms with van der Waals surface area (Å²) in [6.07, 6.45) is 4.41. The molecule has 0 aliphatic rings. The first-order chi connectivity index (χ1) is 12.8. The molecule has 0 fully saturated rings. The number of amides is 2. The molecule has 27 heavy (non-hydrogen) atoms. The van der Waals surface area contributed by atoms with Crippen LogP contribution in [-0.4, -0.2) is 53.2 Å². The maximum Gasteiger partial charge on any atom is 0.313 e. The SMILES string of the molecule is CC(C)CC(CN(C)C)NC(=O)C(=O)Nc1cccc(Cn2cccn2)c1. The van der Waals surface area contributed by atoms with Crippen molar-refractivity contribution in [2.24, 2.45) is 5.92 Å². The number of hydrogen-bond donors (Lipinski definition) is 2. The zero-order valence-electron chi connectivity index (χ0n) is 16.5. The monoisotopic (exact) mass is 371 g/mol. The maximum absolute atomic E-state index is 12.3. The highest BCUT2D eigenvalue weighted by molar-refractivity contribution is 6.39. The van der Waals surface area contributed by atoms with Gasteiger partial charge in [-0.2, -0.15) is 5.10 Å². The predicted molar refractivity (Wildman–Crippen MR) is 106 cm³/mol. The Bertz CT molecular complexity index is 731. The number of likely N-dealkylation sites (N-methyl/N-ethyl adjacent to an activating group) is 1. The van der Waals surface area contributed by atoms with E-state index in [1.807, 2.05) is 49.5 Å². The Hall–Kier alpha value is -2.67. The van der Waals surface area contributed by atoms with Crippen LogP contribution in [0.3, 0.4) is 0 Å². The standard InChI is InChI=1S/C20H29N5O2/c1-15(2)11-18(14-24(3)4)23-20(27)19(26)22-17-8-5-7-16(12-17)13-25-10-6-9-21-25/h5-10,12,15,18H,11,13-14H2,1-4H3,(H,22,26)(H,23,27). The van der Waals surface area contributed by atoms with Crippen molar-refractivity contribution < 1.29 is 9.59 Å². The van der Waals surface area contributed by atoms with Crippen LogP contribution >= 0.6 is 0 Å². The minimum Gasteiger partial charge on any atom is -0.344 e. The summed E-state index contributed by atoms with van der Waals surface area (Å²) in [7, 11) is 3.90. The second kappa shape index (κ2) is 9.87. The Morgan fingerprint density at radius 3 is 2.59 bits per heavy atom. The van der Waals surface area contributed by atoms with E-state index in [4.69, 9.17) is 0 Å². The summed E-state index contributed by atoms with van der Waals surface area (Å²) >= 11 is 0. The molecule has 146 valence electrons. The van der Waals surface area contributed by atoms with Crippen molar-refractivity contribution in [1.29, 1.82) is 0 Å². The third kappa shape index (κ3) is 7.22. The Labute approximate surface area is 160 Å². The first kappa shape index (κ1) is 20.6. The number of rotatable bonds is 8. The van der Waals surface area contributed by atoms with Crippen LogP contribution in [0.15, 0.2) is 42.7 Å². The Balaban J connectivity index is 1.95. The summed E-state index contributed by atoms with van der Waals surface area (Å²) in [4.78, 5) is 26.6. The average Bonchev–Trinajstić information content (AvgIpc) is 3.06. The van der Waals surface area contributed by atoms with E-state index in [1.165, 1.54) is 0 Å². The molecule has 1 aromatic carbocycles. The predicted octanol–water partition coefficient (Wildman–Crippen LogP) is 1.96. The van der Waals surface area contributed by atoms with Crippen molar-refractivity contribution in [3.8, 4) is 0 Å². The van der Waals surface area contributed by atoms with Crippen molar-refractivity contribution in [1.82, 2.24) is 20.0 Å². The van der Waals surface area contributed by atoms with Crippen molar-refractivity contribution in [3.05, 3.63) is 48.3 Å². The van der Waals surface area contributed by atoms with Gasteiger partial charge in [-0.25, -0.2) is 0 Å². The summed E-state index contributed by atoms with van der Waals surface area (Å²) in [5.41, 5.74) is 1.58. The van der Waals surface area contributed by atoms with Gasteiger partial charge in [0.15, 0.2) is 0 Å². The van der Waals surface area contributed by atoms with Crippen molar-refractivity contribution in [2.45, 2.75) is 32.9 Å². The summed E-state index contributed by atoms with van der Waals surface area (Å²) in [6.45, 7) is 5.48. The number of carbonyl (C=O) groups excluding carboxylic acids is 2. The number of carbonyl (C=O) groups is 2. The van der Waals surface area contributed by atoms with Gasteiger partial charge in [-0.05, 0) is 50.2 Å². The van der Waals surface area contributed by atoms with Gasteiger partial charge in [-0.3, -0.25) is 14.3 Å². The van der Waals surface area contributed by atoms with Gasteiger partial charge in [-0.15, -0.1) is 0 Å². The largest absolute Gasteiger partial charge is 0.344 e. The molecule has 2 aromatic rings. The lowest BCUT2D eigenvalue weighted by Crippen LogP contribution is -2.46. The second-order valence-corrected chi connectivity index (χ2v) is 7.42. The first-order valence-electron chi connectivity index (χ1n) is 9.16.